The highest BCUT2D eigenvalue weighted by atomic mass is 32.2. The van der Waals surface area contributed by atoms with Gasteiger partial charge in [0.25, 0.3) is 10.0 Å². The van der Waals surface area contributed by atoms with Crippen LogP contribution in [0.5, 0.6) is 0 Å². The van der Waals surface area contributed by atoms with E-state index in [0.29, 0.717) is 4.90 Å². The van der Waals surface area contributed by atoms with Gasteiger partial charge in [0.05, 0.1) is 4.90 Å². The lowest BCUT2D eigenvalue weighted by atomic mass is 10.1. The molecule has 2 aromatic carbocycles. The highest BCUT2D eigenvalue weighted by Gasteiger charge is 2.24. The number of nitrogens with zero attached hydrogens (tertiary/aromatic N) is 1. The minimum Gasteiger partial charge on any atom is -0.248 e. The molecule has 4 heteroatoms. The first-order valence-corrected chi connectivity index (χ1v) is 8.61. The van der Waals surface area contributed by atoms with E-state index in [0.717, 1.165) is 28.7 Å². The van der Waals surface area contributed by atoms with Crippen molar-refractivity contribution in [2.75, 3.05) is 0 Å². The first-order valence-electron chi connectivity index (χ1n) is 7.17. The smallest absolute Gasteiger partial charge is 0.248 e. The van der Waals surface area contributed by atoms with Gasteiger partial charge in [0, 0.05) is 24.4 Å². The minimum absolute atomic E-state index is 0.319. The first kappa shape index (κ1) is 13.3. The molecule has 0 radical (unpaired) electrons. The van der Waals surface area contributed by atoms with Crippen LogP contribution >= 0.6 is 0 Å². The van der Waals surface area contributed by atoms with E-state index in [1.165, 1.54) is 9.54 Å². The third-order valence-corrected chi connectivity index (χ3v) is 5.80. The number of fused-ring (bicyclic) bond motifs is 3. The van der Waals surface area contributed by atoms with Crippen LogP contribution in [-0.2, 0) is 16.4 Å². The zero-order valence-corrected chi connectivity index (χ0v) is 13.0. The van der Waals surface area contributed by atoms with Gasteiger partial charge in [-0.1, -0.05) is 42.0 Å². The average Bonchev–Trinajstić information content (AvgIpc) is 3.05. The Morgan fingerprint density at radius 3 is 2.36 bits per heavy atom. The van der Waals surface area contributed by atoms with E-state index in [1.54, 1.807) is 24.5 Å². The summed E-state index contributed by atoms with van der Waals surface area (Å²) >= 11 is 0. The molecule has 4 rings (SSSR count). The summed E-state index contributed by atoms with van der Waals surface area (Å²) < 4.78 is 26.8. The van der Waals surface area contributed by atoms with Crippen LogP contribution < -0.4 is 0 Å². The topological polar surface area (TPSA) is 39.1 Å². The Morgan fingerprint density at radius 1 is 0.864 bits per heavy atom. The lowest BCUT2D eigenvalue weighted by Crippen LogP contribution is -2.11. The molecule has 0 unspecified atom stereocenters. The van der Waals surface area contributed by atoms with Crippen molar-refractivity contribution >= 4 is 10.0 Å². The molecule has 3 aromatic rings. The second-order valence-corrected chi connectivity index (χ2v) is 7.52. The quantitative estimate of drug-likeness (QED) is 0.567. The number of aromatic nitrogens is 1. The third kappa shape index (κ3) is 1.91. The molecule has 0 fully saturated rings. The van der Waals surface area contributed by atoms with Gasteiger partial charge in [0.2, 0.25) is 0 Å². The minimum atomic E-state index is -3.52. The molecule has 0 saturated carbocycles. The normalized spacial score (nSPS) is 13.0. The van der Waals surface area contributed by atoms with Crippen LogP contribution in [0, 0.1) is 6.92 Å². The van der Waals surface area contributed by atoms with Gasteiger partial charge in [-0.2, -0.15) is 0 Å². The molecular weight excluding hydrogens is 294 g/mol. The Morgan fingerprint density at radius 2 is 1.59 bits per heavy atom. The van der Waals surface area contributed by atoms with Crippen molar-refractivity contribution in [3.63, 3.8) is 0 Å². The van der Waals surface area contributed by atoms with Crippen LogP contribution in [0.4, 0.5) is 0 Å². The van der Waals surface area contributed by atoms with Crippen LogP contribution in [0.2, 0.25) is 0 Å². The summed E-state index contributed by atoms with van der Waals surface area (Å²) in [6.45, 7) is 1.94. The molecule has 0 aliphatic heterocycles. The lowest BCUT2D eigenvalue weighted by molar-refractivity contribution is 0.587. The van der Waals surface area contributed by atoms with E-state index in [1.807, 2.05) is 37.3 Å². The molecule has 110 valence electrons. The molecule has 1 aromatic heterocycles. The summed E-state index contributed by atoms with van der Waals surface area (Å²) in [6.07, 6.45) is 4.27. The predicted octanol–water partition coefficient (Wildman–Crippen LogP) is 3.60. The fraction of sp³-hybridized carbons (Fsp3) is 0.111. The van der Waals surface area contributed by atoms with Crippen molar-refractivity contribution in [1.82, 2.24) is 3.97 Å². The van der Waals surface area contributed by atoms with Gasteiger partial charge in [-0.3, -0.25) is 0 Å². The Kier molecular flexibility index (Phi) is 2.78. The van der Waals surface area contributed by atoms with Gasteiger partial charge in [-0.15, -0.1) is 0 Å². The molecule has 0 amide bonds. The molecule has 0 bridgehead atoms. The van der Waals surface area contributed by atoms with E-state index < -0.39 is 10.0 Å². The molecule has 0 atom stereocenters. The van der Waals surface area contributed by atoms with E-state index in [-0.39, 0.29) is 0 Å². The number of rotatable bonds is 2. The molecular formula is C18H15NO2S. The fourth-order valence-corrected chi connectivity index (χ4v) is 4.20. The number of benzene rings is 2. The van der Waals surface area contributed by atoms with Crippen LogP contribution in [0.15, 0.2) is 65.8 Å². The Balaban J connectivity index is 1.82. The number of hydrogen-bond acceptors (Lipinski definition) is 2. The van der Waals surface area contributed by atoms with Gasteiger partial charge in [-0.05, 0) is 35.7 Å². The molecule has 22 heavy (non-hydrogen) atoms. The van der Waals surface area contributed by atoms with Crippen molar-refractivity contribution < 1.29 is 8.42 Å². The van der Waals surface area contributed by atoms with Crippen molar-refractivity contribution in [3.8, 4) is 11.1 Å². The molecule has 1 aliphatic rings. The monoisotopic (exact) mass is 309 g/mol. The third-order valence-electron chi connectivity index (χ3n) is 4.17. The average molecular weight is 309 g/mol. The largest absolute Gasteiger partial charge is 0.267 e. The molecule has 3 nitrogen and oxygen atoms in total. The highest BCUT2D eigenvalue weighted by Crippen LogP contribution is 2.37. The SMILES string of the molecule is Cc1ccc(S(=O)(=O)n2cc3c(c2)-c2ccccc2C3)cc1. The molecule has 0 N–H and O–H groups in total. The van der Waals surface area contributed by atoms with Crippen LogP contribution in [0.1, 0.15) is 16.7 Å². The van der Waals surface area contributed by atoms with Crippen molar-refractivity contribution in [2.45, 2.75) is 18.2 Å². The maximum absolute atomic E-state index is 12.7. The predicted molar refractivity (Wildman–Crippen MR) is 86.4 cm³/mol. The number of hydrogen-bond donors (Lipinski definition) is 0. The molecule has 0 spiro atoms. The second kappa shape index (κ2) is 4.58. The second-order valence-electron chi connectivity index (χ2n) is 5.68. The number of aryl methyl sites for hydroxylation is 1. The van der Waals surface area contributed by atoms with Gasteiger partial charge < -0.3 is 0 Å². The fourth-order valence-electron chi connectivity index (χ4n) is 2.97. The van der Waals surface area contributed by atoms with E-state index in [9.17, 15) is 8.42 Å². The van der Waals surface area contributed by atoms with E-state index in [2.05, 4.69) is 6.07 Å². The maximum Gasteiger partial charge on any atom is 0.267 e. The van der Waals surface area contributed by atoms with Crippen molar-refractivity contribution in [1.29, 1.82) is 0 Å². The van der Waals surface area contributed by atoms with Crippen LogP contribution in [0.25, 0.3) is 11.1 Å². The zero-order chi connectivity index (χ0) is 15.3. The first-order chi connectivity index (χ1) is 10.6. The molecule has 1 heterocycles. The Labute approximate surface area is 129 Å². The van der Waals surface area contributed by atoms with E-state index >= 15 is 0 Å². The summed E-state index contributed by atoms with van der Waals surface area (Å²) in [5.41, 5.74) is 5.52. The molecule has 1 aliphatic carbocycles. The summed E-state index contributed by atoms with van der Waals surface area (Å²) in [4.78, 5) is 0.319. The maximum atomic E-state index is 12.7. The van der Waals surface area contributed by atoms with Gasteiger partial charge in [-0.25, -0.2) is 12.4 Å². The van der Waals surface area contributed by atoms with Crippen LogP contribution in [-0.4, -0.2) is 12.4 Å². The van der Waals surface area contributed by atoms with Crippen molar-refractivity contribution in [2.24, 2.45) is 0 Å². The zero-order valence-electron chi connectivity index (χ0n) is 12.2. The summed E-state index contributed by atoms with van der Waals surface area (Å²) in [5.74, 6) is 0. The van der Waals surface area contributed by atoms with Crippen LogP contribution in [0.3, 0.4) is 0 Å². The van der Waals surface area contributed by atoms with Gasteiger partial charge in [0.15, 0.2) is 0 Å². The summed E-state index contributed by atoms with van der Waals surface area (Å²) in [6, 6.07) is 15.1. The van der Waals surface area contributed by atoms with E-state index in [4.69, 9.17) is 0 Å². The van der Waals surface area contributed by atoms with Gasteiger partial charge in [0.1, 0.15) is 0 Å². The molecule has 0 saturated heterocycles. The summed E-state index contributed by atoms with van der Waals surface area (Å²) in [5, 5.41) is 0. The highest BCUT2D eigenvalue weighted by molar-refractivity contribution is 7.90. The summed E-state index contributed by atoms with van der Waals surface area (Å²) in [7, 11) is -3.52. The van der Waals surface area contributed by atoms with Crippen molar-refractivity contribution in [3.05, 3.63) is 77.6 Å². The Bertz CT molecular complexity index is 967. The lowest BCUT2D eigenvalue weighted by Gasteiger charge is -2.07. The van der Waals surface area contributed by atoms with Gasteiger partial charge >= 0.3 is 0 Å². The standard InChI is InChI=1S/C18H15NO2S/c1-13-6-8-16(9-7-13)22(20,21)19-11-15-10-14-4-2-3-5-17(14)18(15)12-19/h2-9,11-12H,10H2,1H3. The Hall–Kier alpha value is -2.33.